The minimum absolute atomic E-state index is 0. The first-order valence-electron chi connectivity index (χ1n) is 7.73. The van der Waals surface area contributed by atoms with Gasteiger partial charge in [-0.3, -0.25) is 4.90 Å². The summed E-state index contributed by atoms with van der Waals surface area (Å²) in [6.07, 6.45) is 2.38. The van der Waals surface area contributed by atoms with Crippen LogP contribution in [0.25, 0.3) is 11.0 Å². The summed E-state index contributed by atoms with van der Waals surface area (Å²) in [4.78, 5) is 2.52. The van der Waals surface area contributed by atoms with Crippen LogP contribution in [-0.4, -0.2) is 34.7 Å². The SMILES string of the molecule is CC1(C)[C@H](Nc2noc3c(F)c(Cl)ccc23)C2CCN1CC2.Cl. The number of halogens is 3. The van der Waals surface area contributed by atoms with E-state index in [0.717, 1.165) is 13.1 Å². The molecule has 3 saturated heterocycles. The Kier molecular flexibility index (Phi) is 4.23. The Morgan fingerprint density at radius 1 is 1.35 bits per heavy atom. The van der Waals surface area contributed by atoms with Gasteiger partial charge in [-0.25, -0.2) is 4.39 Å². The van der Waals surface area contributed by atoms with Gasteiger partial charge in [-0.2, -0.15) is 0 Å². The topological polar surface area (TPSA) is 41.3 Å². The number of fused-ring (bicyclic) bond motifs is 4. The average Bonchev–Trinajstić information content (AvgIpc) is 2.91. The van der Waals surface area contributed by atoms with Crippen LogP contribution in [0.15, 0.2) is 16.7 Å². The summed E-state index contributed by atoms with van der Waals surface area (Å²) in [7, 11) is 0. The molecule has 1 atom stereocenters. The Morgan fingerprint density at radius 2 is 2.04 bits per heavy atom. The summed E-state index contributed by atoms with van der Waals surface area (Å²) < 4.78 is 19.2. The minimum Gasteiger partial charge on any atom is -0.362 e. The van der Waals surface area contributed by atoms with Crippen molar-refractivity contribution in [2.24, 2.45) is 5.92 Å². The highest BCUT2D eigenvalue weighted by molar-refractivity contribution is 6.31. The molecule has 1 N–H and O–H groups in total. The first-order valence-corrected chi connectivity index (χ1v) is 8.11. The monoisotopic (exact) mass is 359 g/mol. The molecule has 4 heterocycles. The van der Waals surface area contributed by atoms with E-state index in [1.807, 2.05) is 0 Å². The van der Waals surface area contributed by atoms with Gasteiger partial charge in [-0.15, -0.1) is 12.4 Å². The maximum atomic E-state index is 14.0. The Hall–Kier alpha value is -1.04. The van der Waals surface area contributed by atoms with Crippen molar-refractivity contribution < 1.29 is 8.91 Å². The highest BCUT2D eigenvalue weighted by Crippen LogP contribution is 2.41. The van der Waals surface area contributed by atoms with Crippen LogP contribution in [0.5, 0.6) is 0 Å². The van der Waals surface area contributed by atoms with Gasteiger partial charge in [0.05, 0.1) is 10.4 Å². The molecule has 0 aliphatic carbocycles. The smallest absolute Gasteiger partial charge is 0.206 e. The third kappa shape index (κ3) is 2.49. The van der Waals surface area contributed by atoms with Crippen molar-refractivity contribution in [3.05, 3.63) is 23.0 Å². The van der Waals surface area contributed by atoms with E-state index in [0.29, 0.717) is 17.1 Å². The predicted octanol–water partition coefficient (Wildman–Crippen LogP) is 4.33. The molecule has 3 aliphatic heterocycles. The largest absolute Gasteiger partial charge is 0.362 e. The number of nitrogens with zero attached hydrogens (tertiary/aromatic N) is 2. The number of aromatic nitrogens is 1. The zero-order chi connectivity index (χ0) is 15.5. The van der Waals surface area contributed by atoms with Crippen molar-refractivity contribution in [3.63, 3.8) is 0 Å². The molecule has 5 rings (SSSR count). The summed E-state index contributed by atoms with van der Waals surface area (Å²) in [5.74, 6) is 0.675. The molecule has 7 heteroatoms. The molecule has 1 aromatic heterocycles. The lowest BCUT2D eigenvalue weighted by Gasteiger charge is -2.56. The molecule has 2 bridgehead atoms. The second-order valence-corrected chi connectivity index (χ2v) is 7.28. The standard InChI is InChI=1S/C16H19ClFN3O.ClH/c1-16(2)14(9-5-7-21(16)8-6-9)19-15-10-3-4-11(17)12(18)13(10)22-20-15;/h3-4,9,14H,5-8H2,1-2H3,(H,19,20);1H/t14-;/m1./s1. The van der Waals surface area contributed by atoms with E-state index in [-0.39, 0.29) is 34.6 Å². The maximum absolute atomic E-state index is 14.0. The fraction of sp³-hybridized carbons (Fsp3) is 0.562. The number of hydrogen-bond acceptors (Lipinski definition) is 4. The Labute approximate surface area is 145 Å². The van der Waals surface area contributed by atoms with E-state index >= 15 is 0 Å². The minimum atomic E-state index is -0.548. The van der Waals surface area contributed by atoms with E-state index in [1.54, 1.807) is 12.1 Å². The number of anilines is 1. The lowest BCUT2D eigenvalue weighted by atomic mass is 9.72. The van der Waals surface area contributed by atoms with Gasteiger partial charge in [0.15, 0.2) is 11.6 Å². The van der Waals surface area contributed by atoms with Gasteiger partial charge in [-0.1, -0.05) is 16.8 Å². The summed E-state index contributed by atoms with van der Waals surface area (Å²) in [6, 6.07) is 3.58. The molecule has 126 valence electrons. The number of rotatable bonds is 2. The lowest BCUT2D eigenvalue weighted by Crippen LogP contribution is -2.66. The van der Waals surface area contributed by atoms with E-state index in [1.165, 1.54) is 12.8 Å². The van der Waals surface area contributed by atoms with Gasteiger partial charge in [0.2, 0.25) is 5.58 Å². The molecule has 3 fully saturated rings. The molecule has 0 radical (unpaired) electrons. The first-order chi connectivity index (χ1) is 10.5. The van der Waals surface area contributed by atoms with Crippen LogP contribution in [-0.2, 0) is 0 Å². The molecule has 4 nitrogen and oxygen atoms in total. The average molecular weight is 360 g/mol. The zero-order valence-electron chi connectivity index (χ0n) is 13.1. The van der Waals surface area contributed by atoms with Crippen molar-refractivity contribution in [2.45, 2.75) is 38.3 Å². The number of piperidine rings is 3. The molecule has 0 spiro atoms. The Balaban J connectivity index is 0.00000156. The molecule has 2 aromatic rings. The van der Waals surface area contributed by atoms with Crippen LogP contribution >= 0.6 is 24.0 Å². The van der Waals surface area contributed by atoms with Gasteiger partial charge >= 0.3 is 0 Å². The van der Waals surface area contributed by atoms with E-state index in [4.69, 9.17) is 16.1 Å². The second kappa shape index (κ2) is 5.80. The van der Waals surface area contributed by atoms with Crippen LogP contribution in [0.4, 0.5) is 10.2 Å². The van der Waals surface area contributed by atoms with Crippen molar-refractivity contribution in [2.75, 3.05) is 18.4 Å². The van der Waals surface area contributed by atoms with Gasteiger partial charge in [-0.05, 0) is 57.8 Å². The fourth-order valence-corrected chi connectivity index (χ4v) is 4.23. The van der Waals surface area contributed by atoms with Gasteiger partial charge in [0, 0.05) is 11.6 Å². The molecule has 0 amide bonds. The first kappa shape index (κ1) is 16.8. The zero-order valence-corrected chi connectivity index (χ0v) is 14.7. The van der Waals surface area contributed by atoms with Crippen LogP contribution in [0.1, 0.15) is 26.7 Å². The normalized spacial score (nSPS) is 28.6. The maximum Gasteiger partial charge on any atom is 0.206 e. The summed E-state index contributed by atoms with van der Waals surface area (Å²) >= 11 is 5.80. The van der Waals surface area contributed by atoms with Crippen molar-refractivity contribution in [1.82, 2.24) is 10.1 Å². The van der Waals surface area contributed by atoms with Crippen LogP contribution in [0.2, 0.25) is 5.02 Å². The summed E-state index contributed by atoms with van der Waals surface area (Å²) in [5, 5.41) is 8.25. The third-order valence-corrected chi connectivity index (χ3v) is 5.70. The van der Waals surface area contributed by atoms with Crippen LogP contribution in [0.3, 0.4) is 0 Å². The van der Waals surface area contributed by atoms with Gasteiger partial charge in [0.1, 0.15) is 0 Å². The van der Waals surface area contributed by atoms with E-state index < -0.39 is 5.82 Å². The lowest BCUT2D eigenvalue weighted by molar-refractivity contribution is -0.0189. The number of nitrogens with one attached hydrogen (secondary N) is 1. The molecular weight excluding hydrogens is 340 g/mol. The van der Waals surface area contributed by atoms with Crippen LogP contribution < -0.4 is 5.32 Å². The van der Waals surface area contributed by atoms with Crippen molar-refractivity contribution >= 4 is 40.8 Å². The Morgan fingerprint density at radius 3 is 2.70 bits per heavy atom. The van der Waals surface area contributed by atoms with E-state index in [9.17, 15) is 4.39 Å². The molecule has 23 heavy (non-hydrogen) atoms. The predicted molar refractivity (Wildman–Crippen MR) is 92.0 cm³/mol. The fourth-order valence-electron chi connectivity index (χ4n) is 4.08. The Bertz CT molecular complexity index is 725. The van der Waals surface area contributed by atoms with Crippen molar-refractivity contribution in [3.8, 4) is 0 Å². The molecule has 1 aromatic carbocycles. The van der Waals surface area contributed by atoms with Crippen molar-refractivity contribution in [1.29, 1.82) is 0 Å². The van der Waals surface area contributed by atoms with Gasteiger partial charge < -0.3 is 9.84 Å². The van der Waals surface area contributed by atoms with Crippen LogP contribution in [0, 0.1) is 11.7 Å². The second-order valence-electron chi connectivity index (χ2n) is 6.87. The summed E-state index contributed by atoms with van der Waals surface area (Å²) in [5.41, 5.74) is 0.173. The molecule has 3 aliphatic rings. The van der Waals surface area contributed by atoms with E-state index in [2.05, 4.69) is 29.2 Å². The molecular formula is C16H20Cl2FN3O. The van der Waals surface area contributed by atoms with Gasteiger partial charge in [0.25, 0.3) is 0 Å². The quantitative estimate of drug-likeness (QED) is 0.866. The molecule has 0 unspecified atom stereocenters. The summed E-state index contributed by atoms with van der Waals surface area (Å²) in [6.45, 7) is 6.82. The number of hydrogen-bond donors (Lipinski definition) is 1. The highest BCUT2D eigenvalue weighted by Gasteiger charge is 2.47. The highest BCUT2D eigenvalue weighted by atomic mass is 35.5. The third-order valence-electron chi connectivity index (χ3n) is 5.41. The number of benzene rings is 1. The molecule has 0 saturated carbocycles.